The molecular weight excluding hydrogens is 264 g/mol. The monoisotopic (exact) mass is 272 g/mol. The number of carbonyl (C=O) groups is 1. The number of benzene rings is 1. The number of aromatic carboxylic acids is 1. The fraction of sp³-hybridized carbons (Fsp3) is 0. The summed E-state index contributed by atoms with van der Waals surface area (Å²) in [6.45, 7) is 0. The summed E-state index contributed by atoms with van der Waals surface area (Å²) in [7, 11) is 0. The van der Waals surface area contributed by atoms with Crippen LogP contribution in [-0.2, 0) is 0 Å². The van der Waals surface area contributed by atoms with Gasteiger partial charge in [-0.2, -0.15) is 0 Å². The second kappa shape index (κ2) is 4.40. The highest BCUT2D eigenvalue weighted by molar-refractivity contribution is 6.30. The number of hydrogen-bond acceptors (Lipinski definition) is 2. The molecule has 1 N–H and O–H groups in total. The molecule has 1 aromatic carbocycles. The van der Waals surface area contributed by atoms with Crippen molar-refractivity contribution in [3.8, 4) is 11.3 Å². The van der Waals surface area contributed by atoms with Gasteiger partial charge in [0.05, 0.1) is 0 Å². The summed E-state index contributed by atoms with van der Waals surface area (Å²) in [5.74, 6) is -1.02. The van der Waals surface area contributed by atoms with E-state index < -0.39 is 5.97 Å². The van der Waals surface area contributed by atoms with Crippen molar-refractivity contribution in [1.82, 2.24) is 9.38 Å². The Labute approximate surface area is 113 Å². The summed E-state index contributed by atoms with van der Waals surface area (Å²) >= 11 is 5.91. The average Bonchev–Trinajstić information content (AvgIpc) is 2.78. The summed E-state index contributed by atoms with van der Waals surface area (Å²) in [5.41, 5.74) is 1.86. The van der Waals surface area contributed by atoms with Crippen LogP contribution in [0, 0.1) is 0 Å². The van der Waals surface area contributed by atoms with E-state index in [0.717, 1.165) is 5.56 Å². The third-order valence-corrected chi connectivity index (χ3v) is 3.07. The lowest BCUT2D eigenvalue weighted by atomic mass is 10.1. The first-order chi connectivity index (χ1) is 9.16. The minimum atomic E-state index is -1.02. The van der Waals surface area contributed by atoms with Gasteiger partial charge in [0.25, 0.3) is 0 Å². The first-order valence-corrected chi connectivity index (χ1v) is 6.01. The number of carboxylic acid groups (broad SMARTS) is 1. The molecule has 5 heteroatoms. The van der Waals surface area contributed by atoms with Crippen LogP contribution in [0.4, 0.5) is 0 Å². The van der Waals surface area contributed by atoms with Gasteiger partial charge in [0.2, 0.25) is 0 Å². The lowest BCUT2D eigenvalue weighted by Crippen LogP contribution is -2.03. The van der Waals surface area contributed by atoms with Gasteiger partial charge in [-0.25, -0.2) is 9.78 Å². The Hall–Kier alpha value is -2.33. The Bertz CT molecular complexity index is 766. The van der Waals surface area contributed by atoms with Crippen molar-refractivity contribution in [3.05, 3.63) is 59.4 Å². The van der Waals surface area contributed by atoms with Gasteiger partial charge >= 0.3 is 5.97 Å². The minimum Gasteiger partial charge on any atom is -0.476 e. The molecule has 0 atom stereocenters. The molecule has 0 amide bonds. The molecule has 19 heavy (non-hydrogen) atoms. The first-order valence-electron chi connectivity index (χ1n) is 5.63. The van der Waals surface area contributed by atoms with Gasteiger partial charge in [-0.15, -0.1) is 0 Å². The molecule has 3 aromatic rings. The Kier molecular flexibility index (Phi) is 2.72. The molecule has 0 bridgehead atoms. The molecule has 0 aliphatic carbocycles. The molecule has 0 aliphatic heterocycles. The lowest BCUT2D eigenvalue weighted by molar-refractivity contribution is 0.0690. The van der Waals surface area contributed by atoms with E-state index in [2.05, 4.69) is 4.98 Å². The molecule has 0 spiro atoms. The van der Waals surface area contributed by atoms with Crippen molar-refractivity contribution in [2.24, 2.45) is 0 Å². The quantitative estimate of drug-likeness (QED) is 0.778. The van der Waals surface area contributed by atoms with Gasteiger partial charge in [-0.1, -0.05) is 41.9 Å². The largest absolute Gasteiger partial charge is 0.476 e. The number of hydrogen-bond donors (Lipinski definition) is 1. The Balaban J connectivity index is 2.35. The molecule has 0 fully saturated rings. The highest BCUT2D eigenvalue weighted by Crippen LogP contribution is 2.25. The van der Waals surface area contributed by atoms with Crippen molar-refractivity contribution >= 4 is 23.2 Å². The molecule has 3 rings (SSSR count). The number of pyridine rings is 1. The van der Waals surface area contributed by atoms with E-state index in [4.69, 9.17) is 11.6 Å². The Morgan fingerprint density at radius 1 is 1.21 bits per heavy atom. The number of halogens is 1. The van der Waals surface area contributed by atoms with Crippen LogP contribution >= 0.6 is 11.6 Å². The Morgan fingerprint density at radius 2 is 1.95 bits per heavy atom. The molecule has 4 nitrogen and oxygen atoms in total. The fourth-order valence-corrected chi connectivity index (χ4v) is 2.18. The van der Waals surface area contributed by atoms with Crippen molar-refractivity contribution in [2.75, 3.05) is 0 Å². The predicted octanol–water partition coefficient (Wildman–Crippen LogP) is 3.35. The van der Waals surface area contributed by atoms with Crippen molar-refractivity contribution in [3.63, 3.8) is 0 Å². The summed E-state index contributed by atoms with van der Waals surface area (Å²) in [6, 6.07) is 12.5. The van der Waals surface area contributed by atoms with Crippen LogP contribution in [0.5, 0.6) is 0 Å². The average molecular weight is 273 g/mol. The van der Waals surface area contributed by atoms with Crippen LogP contribution in [0.1, 0.15) is 10.5 Å². The summed E-state index contributed by atoms with van der Waals surface area (Å²) < 4.78 is 1.52. The highest BCUT2D eigenvalue weighted by Gasteiger charge is 2.19. The molecule has 2 heterocycles. The van der Waals surface area contributed by atoms with Gasteiger partial charge < -0.3 is 5.11 Å². The van der Waals surface area contributed by atoms with Crippen LogP contribution < -0.4 is 0 Å². The zero-order chi connectivity index (χ0) is 13.4. The fourth-order valence-electron chi connectivity index (χ4n) is 2.02. The second-order valence-electron chi connectivity index (χ2n) is 4.05. The van der Waals surface area contributed by atoms with Crippen molar-refractivity contribution in [2.45, 2.75) is 0 Å². The number of carboxylic acids is 1. The maximum atomic E-state index is 11.5. The summed E-state index contributed by atoms with van der Waals surface area (Å²) in [5, 5.41) is 9.91. The normalized spacial score (nSPS) is 10.8. The maximum absolute atomic E-state index is 11.5. The van der Waals surface area contributed by atoms with E-state index in [9.17, 15) is 9.90 Å². The zero-order valence-electron chi connectivity index (χ0n) is 9.75. The van der Waals surface area contributed by atoms with Crippen molar-refractivity contribution < 1.29 is 9.90 Å². The van der Waals surface area contributed by atoms with Crippen LogP contribution in [0.2, 0.25) is 5.02 Å². The molecule has 0 unspecified atom stereocenters. The van der Waals surface area contributed by atoms with Gasteiger partial charge in [0.15, 0.2) is 5.69 Å². The molecule has 0 radical (unpaired) electrons. The van der Waals surface area contributed by atoms with Crippen molar-refractivity contribution in [1.29, 1.82) is 0 Å². The molecular formula is C14H9ClN2O2. The SMILES string of the molecule is O=C(O)c1c(-c2ccccc2)nc2cc(Cl)ccn12. The smallest absolute Gasteiger partial charge is 0.355 e. The predicted molar refractivity (Wildman–Crippen MR) is 72.6 cm³/mol. The van der Waals surface area contributed by atoms with E-state index >= 15 is 0 Å². The van der Waals surface area contributed by atoms with Crippen LogP contribution in [0.15, 0.2) is 48.7 Å². The number of imidazole rings is 1. The third-order valence-electron chi connectivity index (χ3n) is 2.84. The molecule has 0 saturated carbocycles. The molecule has 2 aromatic heterocycles. The van der Waals surface area contributed by atoms with E-state index in [1.165, 1.54) is 4.40 Å². The number of rotatable bonds is 2. The Morgan fingerprint density at radius 3 is 2.63 bits per heavy atom. The summed E-state index contributed by atoms with van der Waals surface area (Å²) in [6.07, 6.45) is 1.61. The first kappa shape index (κ1) is 11.7. The number of fused-ring (bicyclic) bond motifs is 1. The maximum Gasteiger partial charge on any atom is 0.355 e. The van der Waals surface area contributed by atoms with Gasteiger partial charge in [0, 0.05) is 22.8 Å². The number of nitrogens with zero attached hydrogens (tertiary/aromatic N) is 2. The topological polar surface area (TPSA) is 54.6 Å². The van der Waals surface area contributed by atoms with E-state index in [0.29, 0.717) is 16.4 Å². The van der Waals surface area contributed by atoms with E-state index in [1.54, 1.807) is 18.3 Å². The second-order valence-corrected chi connectivity index (χ2v) is 4.49. The van der Waals surface area contributed by atoms with Crippen LogP contribution in [0.25, 0.3) is 16.9 Å². The minimum absolute atomic E-state index is 0.137. The molecule has 0 aliphatic rings. The van der Waals surface area contributed by atoms with Gasteiger partial charge in [-0.3, -0.25) is 4.40 Å². The lowest BCUT2D eigenvalue weighted by Gasteiger charge is -2.00. The van der Waals surface area contributed by atoms with E-state index in [1.807, 2.05) is 30.3 Å². The third kappa shape index (κ3) is 1.96. The van der Waals surface area contributed by atoms with E-state index in [-0.39, 0.29) is 5.69 Å². The zero-order valence-corrected chi connectivity index (χ0v) is 10.5. The summed E-state index contributed by atoms with van der Waals surface area (Å²) in [4.78, 5) is 15.8. The standard InChI is InChI=1S/C14H9ClN2O2/c15-10-6-7-17-11(8-10)16-12(13(17)14(18)19)9-4-2-1-3-5-9/h1-8H,(H,18,19). The van der Waals surface area contributed by atoms with Crippen LogP contribution in [0.3, 0.4) is 0 Å². The van der Waals surface area contributed by atoms with Gasteiger partial charge in [0.1, 0.15) is 11.3 Å². The number of aromatic nitrogens is 2. The molecule has 0 saturated heterocycles. The molecule has 94 valence electrons. The highest BCUT2D eigenvalue weighted by atomic mass is 35.5. The van der Waals surface area contributed by atoms with Crippen LogP contribution in [-0.4, -0.2) is 20.5 Å². The van der Waals surface area contributed by atoms with Gasteiger partial charge in [-0.05, 0) is 6.07 Å².